The van der Waals surface area contributed by atoms with Crippen molar-refractivity contribution >= 4 is 50.3 Å². The maximum Gasteiger partial charge on any atom is 0.216 e. The number of pyridine rings is 1. The van der Waals surface area contributed by atoms with Crippen molar-refractivity contribution < 1.29 is 5.11 Å². The molecule has 3 aromatic rings. The molecule has 0 bridgehead atoms. The number of nitrogens with one attached hydrogen (secondary N) is 1. The molecular formula is C14H9Br2N5OS. The zero-order chi connectivity index (χ0) is 16.4. The minimum absolute atomic E-state index is 0.0948. The number of rotatable bonds is 3. The van der Waals surface area contributed by atoms with Gasteiger partial charge in [0.2, 0.25) is 4.77 Å². The number of aromatic hydroxyl groups is 1. The number of phenolic OH excluding ortho intramolecular Hbond substituents is 1. The number of aromatic nitrogens is 4. The summed E-state index contributed by atoms with van der Waals surface area (Å²) in [6.45, 7) is 0. The van der Waals surface area contributed by atoms with Crippen molar-refractivity contribution in [1.82, 2.24) is 19.9 Å². The molecule has 1 aromatic carbocycles. The van der Waals surface area contributed by atoms with E-state index in [0.29, 0.717) is 20.6 Å². The third-order valence-electron chi connectivity index (χ3n) is 2.96. The number of aromatic amines is 1. The predicted octanol–water partition coefficient (Wildman–Crippen LogP) is 4.12. The Morgan fingerprint density at radius 1 is 1.26 bits per heavy atom. The molecule has 6 nitrogen and oxygen atoms in total. The molecule has 0 aliphatic rings. The van der Waals surface area contributed by atoms with Gasteiger partial charge in [0.1, 0.15) is 5.75 Å². The van der Waals surface area contributed by atoms with Crippen LogP contribution in [0.15, 0.2) is 50.7 Å². The first kappa shape index (κ1) is 16.0. The van der Waals surface area contributed by atoms with Crippen LogP contribution in [0.5, 0.6) is 5.75 Å². The fourth-order valence-corrected chi connectivity index (χ4v) is 3.33. The zero-order valence-corrected chi connectivity index (χ0v) is 15.4. The fourth-order valence-electron chi connectivity index (χ4n) is 1.89. The monoisotopic (exact) mass is 453 g/mol. The fraction of sp³-hybridized carbons (Fsp3) is 0. The third kappa shape index (κ3) is 3.41. The van der Waals surface area contributed by atoms with Gasteiger partial charge in [-0.1, -0.05) is 15.9 Å². The Labute approximate surface area is 153 Å². The lowest BCUT2D eigenvalue weighted by atomic mass is 10.2. The normalized spacial score (nSPS) is 11.2. The van der Waals surface area contributed by atoms with Crippen molar-refractivity contribution in [3.63, 3.8) is 0 Å². The molecule has 23 heavy (non-hydrogen) atoms. The molecule has 116 valence electrons. The summed E-state index contributed by atoms with van der Waals surface area (Å²) in [4.78, 5) is 3.98. The number of benzene rings is 1. The van der Waals surface area contributed by atoms with Crippen LogP contribution in [-0.2, 0) is 0 Å². The molecule has 0 aliphatic heterocycles. The van der Waals surface area contributed by atoms with Crippen LogP contribution in [0.2, 0.25) is 0 Å². The SMILES string of the molecule is Oc1c(Br)cc(Br)cc1/C=N/n1c(-c2ccncc2)n[nH]c1=S. The second kappa shape index (κ2) is 6.73. The summed E-state index contributed by atoms with van der Waals surface area (Å²) in [6, 6.07) is 7.12. The highest BCUT2D eigenvalue weighted by Crippen LogP contribution is 2.30. The molecular weight excluding hydrogens is 446 g/mol. The molecule has 0 radical (unpaired) electrons. The van der Waals surface area contributed by atoms with Gasteiger partial charge < -0.3 is 5.11 Å². The van der Waals surface area contributed by atoms with E-state index in [0.717, 1.165) is 10.0 Å². The lowest BCUT2D eigenvalue weighted by molar-refractivity contribution is 0.471. The molecule has 0 unspecified atom stereocenters. The smallest absolute Gasteiger partial charge is 0.216 e. The molecule has 0 spiro atoms. The van der Waals surface area contributed by atoms with E-state index < -0.39 is 0 Å². The van der Waals surface area contributed by atoms with Crippen LogP contribution >= 0.6 is 44.1 Å². The van der Waals surface area contributed by atoms with E-state index in [1.807, 2.05) is 12.1 Å². The average molecular weight is 455 g/mol. The van der Waals surface area contributed by atoms with Gasteiger partial charge in [0.05, 0.1) is 10.7 Å². The highest BCUT2D eigenvalue weighted by Gasteiger charge is 2.09. The van der Waals surface area contributed by atoms with Gasteiger partial charge in [-0.15, -0.1) is 0 Å². The molecule has 0 fully saturated rings. The summed E-state index contributed by atoms with van der Waals surface area (Å²) in [6.07, 6.45) is 4.84. The summed E-state index contributed by atoms with van der Waals surface area (Å²) >= 11 is 11.9. The minimum Gasteiger partial charge on any atom is -0.506 e. The van der Waals surface area contributed by atoms with Crippen LogP contribution in [-0.4, -0.2) is 31.2 Å². The summed E-state index contributed by atoms with van der Waals surface area (Å²) < 4.78 is 3.22. The number of halogens is 2. The molecule has 2 heterocycles. The standard InChI is InChI=1S/C14H9Br2N5OS/c15-10-5-9(12(22)11(16)6-10)7-18-21-13(19-20-14(21)23)8-1-3-17-4-2-8/h1-7,22H,(H,20,23)/b18-7+. The first-order valence-corrected chi connectivity index (χ1v) is 8.36. The molecule has 2 aromatic heterocycles. The molecule has 3 rings (SSSR count). The third-order valence-corrected chi connectivity index (χ3v) is 4.29. The van der Waals surface area contributed by atoms with Crippen LogP contribution in [0.25, 0.3) is 11.4 Å². The minimum atomic E-state index is 0.0948. The Morgan fingerprint density at radius 2 is 2.00 bits per heavy atom. The van der Waals surface area contributed by atoms with E-state index in [-0.39, 0.29) is 5.75 Å². The Balaban J connectivity index is 2.05. The first-order valence-electron chi connectivity index (χ1n) is 6.36. The van der Waals surface area contributed by atoms with Crippen molar-refractivity contribution in [2.24, 2.45) is 5.10 Å². The van der Waals surface area contributed by atoms with Crippen LogP contribution in [0.4, 0.5) is 0 Å². The Hall–Kier alpha value is -1.84. The van der Waals surface area contributed by atoms with E-state index in [1.165, 1.54) is 10.9 Å². The lowest BCUT2D eigenvalue weighted by Gasteiger charge is -2.04. The van der Waals surface area contributed by atoms with E-state index in [4.69, 9.17) is 12.2 Å². The van der Waals surface area contributed by atoms with Crippen molar-refractivity contribution in [1.29, 1.82) is 0 Å². The Bertz CT molecular complexity index is 936. The number of phenols is 1. The van der Waals surface area contributed by atoms with E-state index in [1.54, 1.807) is 24.5 Å². The topological polar surface area (TPSA) is 79.1 Å². The predicted molar refractivity (Wildman–Crippen MR) is 97.1 cm³/mol. The van der Waals surface area contributed by atoms with E-state index in [2.05, 4.69) is 52.1 Å². The second-order valence-electron chi connectivity index (χ2n) is 4.47. The second-order valence-corrected chi connectivity index (χ2v) is 6.63. The highest BCUT2D eigenvalue weighted by atomic mass is 79.9. The van der Waals surface area contributed by atoms with Gasteiger partial charge in [0.25, 0.3) is 0 Å². The van der Waals surface area contributed by atoms with Gasteiger partial charge in [0.15, 0.2) is 5.82 Å². The van der Waals surface area contributed by atoms with Gasteiger partial charge in [-0.25, -0.2) is 5.10 Å². The van der Waals surface area contributed by atoms with E-state index >= 15 is 0 Å². The van der Waals surface area contributed by atoms with Gasteiger partial charge >= 0.3 is 0 Å². The Morgan fingerprint density at radius 3 is 2.74 bits per heavy atom. The van der Waals surface area contributed by atoms with Crippen LogP contribution in [0.3, 0.4) is 0 Å². The maximum atomic E-state index is 10.1. The van der Waals surface area contributed by atoms with Gasteiger partial charge in [-0.05, 0) is 52.4 Å². The first-order chi connectivity index (χ1) is 11.1. The van der Waals surface area contributed by atoms with Crippen LogP contribution < -0.4 is 0 Å². The highest BCUT2D eigenvalue weighted by molar-refractivity contribution is 9.11. The number of hydrogen-bond donors (Lipinski definition) is 2. The van der Waals surface area contributed by atoms with Gasteiger partial charge in [-0.2, -0.15) is 14.9 Å². The summed E-state index contributed by atoms with van der Waals surface area (Å²) in [5, 5.41) is 21.3. The Kier molecular flexibility index (Phi) is 4.69. The van der Waals surface area contributed by atoms with Crippen LogP contribution in [0, 0.1) is 4.77 Å². The van der Waals surface area contributed by atoms with Crippen LogP contribution in [0.1, 0.15) is 5.56 Å². The zero-order valence-electron chi connectivity index (χ0n) is 11.4. The number of nitrogens with zero attached hydrogens (tertiary/aromatic N) is 4. The molecule has 0 saturated carbocycles. The molecule has 0 saturated heterocycles. The van der Waals surface area contributed by atoms with Gasteiger partial charge in [-0.3, -0.25) is 4.98 Å². The van der Waals surface area contributed by atoms with Gasteiger partial charge in [0, 0.05) is 28.0 Å². The van der Waals surface area contributed by atoms with Crippen molar-refractivity contribution in [2.45, 2.75) is 0 Å². The lowest BCUT2D eigenvalue weighted by Crippen LogP contribution is -1.95. The summed E-state index contributed by atoms with van der Waals surface area (Å²) in [5.74, 6) is 0.652. The molecule has 9 heteroatoms. The number of hydrogen-bond acceptors (Lipinski definition) is 5. The average Bonchev–Trinajstić information content (AvgIpc) is 2.91. The van der Waals surface area contributed by atoms with Crippen molar-refractivity contribution in [2.75, 3.05) is 0 Å². The van der Waals surface area contributed by atoms with E-state index in [9.17, 15) is 5.11 Å². The summed E-state index contributed by atoms with van der Waals surface area (Å²) in [5.41, 5.74) is 1.36. The largest absolute Gasteiger partial charge is 0.506 e. The molecule has 0 atom stereocenters. The quantitative estimate of drug-likeness (QED) is 0.461. The molecule has 2 N–H and O–H groups in total. The molecule has 0 aliphatic carbocycles. The van der Waals surface area contributed by atoms with Crippen molar-refractivity contribution in [3.05, 3.63) is 55.9 Å². The maximum absolute atomic E-state index is 10.1. The number of H-pyrrole nitrogens is 1. The molecule has 0 amide bonds. The van der Waals surface area contributed by atoms with Crippen molar-refractivity contribution in [3.8, 4) is 17.1 Å². The summed E-state index contributed by atoms with van der Waals surface area (Å²) in [7, 11) is 0.